The quantitative estimate of drug-likeness (QED) is 0.927. The van der Waals surface area contributed by atoms with E-state index in [9.17, 15) is 14.7 Å². The Morgan fingerprint density at radius 1 is 1.29 bits per heavy atom. The summed E-state index contributed by atoms with van der Waals surface area (Å²) in [5.74, 6) is -1.05. The first-order chi connectivity index (χ1) is 9.61. The molecule has 0 saturated carbocycles. The number of carboxylic acid groups (broad SMARTS) is 1. The Labute approximate surface area is 125 Å². The Bertz CT molecular complexity index is 519. The molecule has 1 rings (SSSR count). The highest BCUT2D eigenvalue weighted by Crippen LogP contribution is 2.16. The third kappa shape index (κ3) is 5.10. The summed E-state index contributed by atoms with van der Waals surface area (Å²) < 4.78 is 5.22. The number of carbonyl (C=O) groups excluding carboxylic acids is 1. The van der Waals surface area contributed by atoms with Crippen LogP contribution in [0.1, 0.15) is 31.9 Å². The number of aliphatic carboxylic acids is 1. The summed E-state index contributed by atoms with van der Waals surface area (Å²) in [7, 11) is 1.45. The lowest BCUT2D eigenvalue weighted by Crippen LogP contribution is -2.46. The normalized spacial score (nSPS) is 12.6. The van der Waals surface area contributed by atoms with Gasteiger partial charge in [0, 0.05) is 13.5 Å². The van der Waals surface area contributed by atoms with Gasteiger partial charge >= 0.3 is 12.1 Å². The van der Waals surface area contributed by atoms with Crippen molar-refractivity contribution < 1.29 is 19.4 Å². The van der Waals surface area contributed by atoms with E-state index in [0.29, 0.717) is 0 Å². The van der Waals surface area contributed by atoms with Crippen LogP contribution >= 0.6 is 0 Å². The molecule has 0 heterocycles. The number of ether oxygens (including phenoxy) is 1. The van der Waals surface area contributed by atoms with E-state index in [-0.39, 0.29) is 6.42 Å². The number of carbonyl (C=O) groups is 2. The molecule has 21 heavy (non-hydrogen) atoms. The number of hydrogen-bond donors (Lipinski definition) is 1. The van der Waals surface area contributed by atoms with Gasteiger partial charge in [0.1, 0.15) is 11.6 Å². The monoisotopic (exact) mass is 293 g/mol. The van der Waals surface area contributed by atoms with Crippen LogP contribution in [0.2, 0.25) is 0 Å². The van der Waals surface area contributed by atoms with E-state index in [1.165, 1.54) is 7.05 Å². The van der Waals surface area contributed by atoms with Gasteiger partial charge in [-0.2, -0.15) is 0 Å². The van der Waals surface area contributed by atoms with Crippen LogP contribution < -0.4 is 0 Å². The first-order valence-electron chi connectivity index (χ1n) is 6.85. The summed E-state index contributed by atoms with van der Waals surface area (Å²) >= 11 is 0. The third-order valence-corrected chi connectivity index (χ3v) is 3.11. The number of hydrogen-bond acceptors (Lipinski definition) is 3. The zero-order chi connectivity index (χ0) is 16.2. The van der Waals surface area contributed by atoms with Crippen LogP contribution in [0, 0.1) is 6.92 Å². The van der Waals surface area contributed by atoms with Crippen LogP contribution in [0.3, 0.4) is 0 Å². The van der Waals surface area contributed by atoms with Crippen LogP contribution in [0.25, 0.3) is 0 Å². The SMILES string of the molecule is Cc1ccccc1CC(C(=O)O)N(C)C(=O)OC(C)(C)C. The van der Waals surface area contributed by atoms with E-state index in [0.717, 1.165) is 16.0 Å². The highest BCUT2D eigenvalue weighted by atomic mass is 16.6. The summed E-state index contributed by atoms with van der Waals surface area (Å²) in [4.78, 5) is 24.6. The van der Waals surface area contributed by atoms with E-state index in [1.807, 2.05) is 31.2 Å². The highest BCUT2D eigenvalue weighted by molar-refractivity contribution is 5.80. The number of rotatable bonds is 4. The van der Waals surface area contributed by atoms with Gasteiger partial charge in [0.25, 0.3) is 0 Å². The fraction of sp³-hybridized carbons (Fsp3) is 0.500. The Kier molecular flexibility index (Phi) is 5.35. The van der Waals surface area contributed by atoms with E-state index < -0.39 is 23.7 Å². The van der Waals surface area contributed by atoms with Crippen molar-refractivity contribution in [3.63, 3.8) is 0 Å². The maximum atomic E-state index is 12.0. The second-order valence-electron chi connectivity index (χ2n) is 6.08. The minimum absolute atomic E-state index is 0.248. The molecule has 1 unspecified atom stereocenters. The molecule has 0 bridgehead atoms. The van der Waals surface area contributed by atoms with Gasteiger partial charge in [-0.05, 0) is 38.8 Å². The van der Waals surface area contributed by atoms with E-state index in [2.05, 4.69) is 0 Å². The van der Waals surface area contributed by atoms with Crippen LogP contribution in [0.5, 0.6) is 0 Å². The molecule has 0 saturated heterocycles. The fourth-order valence-corrected chi connectivity index (χ4v) is 1.90. The Morgan fingerprint density at radius 3 is 2.33 bits per heavy atom. The van der Waals surface area contributed by atoms with Crippen molar-refractivity contribution in [3.05, 3.63) is 35.4 Å². The van der Waals surface area contributed by atoms with Gasteiger partial charge in [-0.25, -0.2) is 9.59 Å². The van der Waals surface area contributed by atoms with Gasteiger partial charge < -0.3 is 9.84 Å². The fourth-order valence-electron chi connectivity index (χ4n) is 1.90. The smallest absolute Gasteiger partial charge is 0.410 e. The van der Waals surface area contributed by atoms with Gasteiger partial charge in [-0.3, -0.25) is 4.90 Å². The summed E-state index contributed by atoms with van der Waals surface area (Å²) in [5.41, 5.74) is 1.25. The number of nitrogens with zero attached hydrogens (tertiary/aromatic N) is 1. The molecule has 0 aliphatic heterocycles. The maximum Gasteiger partial charge on any atom is 0.410 e. The number of aryl methyl sites for hydroxylation is 1. The molecule has 0 radical (unpaired) electrons. The molecule has 116 valence electrons. The zero-order valence-corrected chi connectivity index (χ0v) is 13.2. The van der Waals surface area contributed by atoms with Crippen molar-refractivity contribution in [1.82, 2.24) is 4.90 Å². The topological polar surface area (TPSA) is 66.8 Å². The average molecular weight is 293 g/mol. The average Bonchev–Trinajstić information content (AvgIpc) is 2.34. The lowest BCUT2D eigenvalue weighted by Gasteiger charge is -2.28. The molecule has 0 fully saturated rings. The number of carboxylic acids is 1. The molecule has 0 aromatic heterocycles. The molecule has 1 aromatic carbocycles. The van der Waals surface area contributed by atoms with Gasteiger partial charge in [-0.1, -0.05) is 24.3 Å². The molecule has 0 aliphatic rings. The molecule has 1 aromatic rings. The van der Waals surface area contributed by atoms with Gasteiger partial charge in [0.15, 0.2) is 0 Å². The predicted octanol–water partition coefficient (Wildman–Crippen LogP) is 2.86. The molecular formula is C16H23NO4. The third-order valence-electron chi connectivity index (χ3n) is 3.11. The van der Waals surface area contributed by atoms with Crippen molar-refractivity contribution in [3.8, 4) is 0 Å². The standard InChI is InChI=1S/C16H23NO4/c1-11-8-6-7-9-12(11)10-13(14(18)19)17(5)15(20)21-16(2,3)4/h6-9,13H,10H2,1-5H3,(H,18,19). The maximum absolute atomic E-state index is 12.0. The van der Waals surface area contributed by atoms with E-state index in [4.69, 9.17) is 4.74 Å². The highest BCUT2D eigenvalue weighted by Gasteiger charge is 2.30. The first-order valence-corrected chi connectivity index (χ1v) is 6.85. The summed E-state index contributed by atoms with van der Waals surface area (Å²) in [6.07, 6.45) is -0.388. The lowest BCUT2D eigenvalue weighted by molar-refractivity contribution is -0.142. The van der Waals surface area contributed by atoms with Crippen molar-refractivity contribution in [2.24, 2.45) is 0 Å². The molecule has 5 heteroatoms. The Morgan fingerprint density at radius 2 is 1.86 bits per heavy atom. The summed E-state index contributed by atoms with van der Waals surface area (Å²) in [5, 5.41) is 9.39. The molecule has 0 aliphatic carbocycles. The zero-order valence-electron chi connectivity index (χ0n) is 13.2. The largest absolute Gasteiger partial charge is 0.480 e. The Balaban J connectivity index is 2.90. The first kappa shape index (κ1) is 17.0. The van der Waals surface area contributed by atoms with Crippen molar-refractivity contribution in [2.75, 3.05) is 7.05 Å². The van der Waals surface area contributed by atoms with Crippen LogP contribution in [-0.4, -0.2) is 40.8 Å². The lowest BCUT2D eigenvalue weighted by atomic mass is 10.0. The summed E-state index contributed by atoms with van der Waals surface area (Å²) in [6, 6.07) is 6.58. The number of likely N-dealkylation sites (N-methyl/N-ethyl adjacent to an activating group) is 1. The van der Waals surface area contributed by atoms with E-state index >= 15 is 0 Å². The molecule has 1 N–H and O–H groups in total. The van der Waals surface area contributed by atoms with Crippen LogP contribution in [0.4, 0.5) is 4.79 Å². The van der Waals surface area contributed by atoms with Gasteiger partial charge in [0.2, 0.25) is 0 Å². The number of amides is 1. The Hall–Kier alpha value is -2.04. The minimum atomic E-state index is -1.05. The second kappa shape index (κ2) is 6.61. The minimum Gasteiger partial charge on any atom is -0.480 e. The number of benzene rings is 1. The molecule has 1 atom stereocenters. The van der Waals surface area contributed by atoms with Gasteiger partial charge in [0.05, 0.1) is 0 Å². The van der Waals surface area contributed by atoms with Crippen molar-refractivity contribution in [2.45, 2.75) is 45.8 Å². The van der Waals surface area contributed by atoms with Gasteiger partial charge in [-0.15, -0.1) is 0 Å². The van der Waals surface area contributed by atoms with Crippen LogP contribution in [0.15, 0.2) is 24.3 Å². The molecule has 0 spiro atoms. The molecular weight excluding hydrogens is 270 g/mol. The molecule has 1 amide bonds. The van der Waals surface area contributed by atoms with Crippen molar-refractivity contribution >= 4 is 12.1 Å². The van der Waals surface area contributed by atoms with Crippen molar-refractivity contribution in [1.29, 1.82) is 0 Å². The second-order valence-corrected chi connectivity index (χ2v) is 6.08. The van der Waals surface area contributed by atoms with Crippen LogP contribution in [-0.2, 0) is 16.0 Å². The summed E-state index contributed by atoms with van der Waals surface area (Å²) in [6.45, 7) is 7.16. The van der Waals surface area contributed by atoms with E-state index in [1.54, 1.807) is 20.8 Å². The predicted molar refractivity (Wildman–Crippen MR) is 80.3 cm³/mol. The molecule has 5 nitrogen and oxygen atoms in total.